The van der Waals surface area contributed by atoms with Gasteiger partial charge in [0.25, 0.3) is 0 Å². The monoisotopic (exact) mass is 259 g/mol. The normalized spacial score (nSPS) is 10.8. The molecule has 0 atom stereocenters. The van der Waals surface area contributed by atoms with Crippen LogP contribution in [0.4, 0.5) is 5.69 Å². The summed E-state index contributed by atoms with van der Waals surface area (Å²) in [7, 11) is -3.44. The Morgan fingerprint density at radius 2 is 1.94 bits per heavy atom. The lowest BCUT2D eigenvalue weighted by atomic mass is 10.3. The third kappa shape index (κ3) is 5.64. The molecule has 0 aliphatic heterocycles. The fraction of sp³-hybridized carbons (Fsp3) is 0.222. The maximum absolute atomic E-state index is 10.6. The Morgan fingerprint density at radius 3 is 2.50 bits per heavy atom. The highest BCUT2D eigenvalue weighted by Gasteiger charge is 2.02. The quantitative estimate of drug-likeness (QED) is 0.676. The summed E-state index contributed by atoms with van der Waals surface area (Å²) >= 11 is 4.97. The summed E-state index contributed by atoms with van der Waals surface area (Å²) in [6.07, 6.45) is 0. The van der Waals surface area contributed by atoms with Gasteiger partial charge in [0.05, 0.1) is 5.75 Å². The molecule has 88 valence electrons. The molecule has 0 aliphatic rings. The number of sulfonamides is 1. The Morgan fingerprint density at radius 1 is 1.31 bits per heavy atom. The second-order valence-electron chi connectivity index (χ2n) is 3.11. The van der Waals surface area contributed by atoms with Crippen molar-refractivity contribution in [1.29, 1.82) is 0 Å². The molecule has 1 aromatic rings. The Balaban J connectivity index is 2.32. The van der Waals surface area contributed by atoms with Gasteiger partial charge in [-0.15, -0.1) is 0 Å². The highest BCUT2D eigenvalue weighted by Crippen LogP contribution is 2.03. The Bertz CT molecular complexity index is 445. The highest BCUT2D eigenvalue weighted by atomic mass is 32.2. The first-order chi connectivity index (χ1) is 7.47. The van der Waals surface area contributed by atoms with Crippen LogP contribution < -0.4 is 15.8 Å². The number of para-hydroxylation sites is 1. The van der Waals surface area contributed by atoms with E-state index < -0.39 is 10.0 Å². The van der Waals surface area contributed by atoms with Gasteiger partial charge in [0.2, 0.25) is 10.0 Å². The predicted molar refractivity (Wildman–Crippen MR) is 68.6 cm³/mol. The number of primary sulfonamides is 1. The van der Waals surface area contributed by atoms with Crippen molar-refractivity contribution in [2.24, 2.45) is 5.14 Å². The number of benzene rings is 1. The molecule has 16 heavy (non-hydrogen) atoms. The van der Waals surface area contributed by atoms with E-state index in [1.165, 1.54) is 0 Å². The Labute approximate surface area is 100 Å². The lowest BCUT2D eigenvalue weighted by Gasteiger charge is -2.09. The minimum absolute atomic E-state index is 0.149. The molecule has 4 N–H and O–H groups in total. The van der Waals surface area contributed by atoms with Crippen molar-refractivity contribution in [2.45, 2.75) is 0 Å². The van der Waals surface area contributed by atoms with Crippen LogP contribution in [-0.2, 0) is 10.0 Å². The molecule has 0 aromatic heterocycles. The average Bonchev–Trinajstić information content (AvgIpc) is 2.17. The molecule has 1 rings (SSSR count). The summed E-state index contributed by atoms with van der Waals surface area (Å²) < 4.78 is 21.3. The van der Waals surface area contributed by atoms with E-state index >= 15 is 0 Å². The number of anilines is 1. The standard InChI is InChI=1S/C9H13N3O2S2/c10-16(13,14)7-6-11-9(15)12-8-4-2-1-3-5-8/h1-5H,6-7H2,(H2,10,13,14)(H2,11,12,15). The fourth-order valence-corrected chi connectivity index (χ4v) is 1.61. The first-order valence-corrected chi connectivity index (χ1v) is 6.70. The van der Waals surface area contributed by atoms with Gasteiger partial charge in [-0.05, 0) is 24.4 Å². The first-order valence-electron chi connectivity index (χ1n) is 4.58. The zero-order chi connectivity index (χ0) is 12.0. The van der Waals surface area contributed by atoms with E-state index in [1.807, 2.05) is 30.3 Å². The lowest BCUT2D eigenvalue weighted by molar-refractivity contribution is 0.596. The van der Waals surface area contributed by atoms with Crippen LogP contribution >= 0.6 is 12.2 Å². The topological polar surface area (TPSA) is 84.2 Å². The van der Waals surface area contributed by atoms with Crippen molar-refractivity contribution in [1.82, 2.24) is 5.32 Å². The molecule has 0 heterocycles. The van der Waals surface area contributed by atoms with Gasteiger partial charge in [0.1, 0.15) is 0 Å². The average molecular weight is 259 g/mol. The highest BCUT2D eigenvalue weighted by molar-refractivity contribution is 7.89. The van der Waals surface area contributed by atoms with Crippen LogP contribution in [0, 0.1) is 0 Å². The molecule has 0 unspecified atom stereocenters. The molecule has 7 heteroatoms. The van der Waals surface area contributed by atoms with Crippen LogP contribution in [0.15, 0.2) is 30.3 Å². The van der Waals surface area contributed by atoms with Crippen molar-refractivity contribution in [2.75, 3.05) is 17.6 Å². The van der Waals surface area contributed by atoms with Crippen LogP contribution in [-0.4, -0.2) is 25.8 Å². The second kappa shape index (κ2) is 5.78. The third-order valence-electron chi connectivity index (χ3n) is 1.70. The van der Waals surface area contributed by atoms with Gasteiger partial charge in [-0.2, -0.15) is 0 Å². The van der Waals surface area contributed by atoms with Crippen molar-refractivity contribution >= 4 is 33.0 Å². The molecule has 0 amide bonds. The molecule has 0 spiro atoms. The minimum Gasteiger partial charge on any atom is -0.361 e. The number of hydrogen-bond acceptors (Lipinski definition) is 3. The number of rotatable bonds is 4. The van der Waals surface area contributed by atoms with Gasteiger partial charge < -0.3 is 10.6 Å². The molecular formula is C9H13N3O2S2. The smallest absolute Gasteiger partial charge is 0.210 e. The van der Waals surface area contributed by atoms with E-state index in [4.69, 9.17) is 17.4 Å². The molecule has 0 saturated carbocycles. The molecule has 0 saturated heterocycles. The Kier molecular flexibility index (Phi) is 4.66. The van der Waals surface area contributed by atoms with Crippen LogP contribution in [0.1, 0.15) is 0 Å². The largest absolute Gasteiger partial charge is 0.361 e. The van der Waals surface area contributed by atoms with E-state index in [0.717, 1.165) is 5.69 Å². The molecule has 0 radical (unpaired) electrons. The van der Waals surface area contributed by atoms with Crippen molar-refractivity contribution in [3.8, 4) is 0 Å². The number of thiocarbonyl (C=S) groups is 1. The van der Waals surface area contributed by atoms with Crippen molar-refractivity contribution < 1.29 is 8.42 Å². The summed E-state index contributed by atoms with van der Waals surface area (Å²) in [5.74, 6) is -0.149. The molecule has 0 fully saturated rings. The first kappa shape index (κ1) is 12.9. The summed E-state index contributed by atoms with van der Waals surface area (Å²) in [6, 6.07) is 9.34. The van der Waals surface area contributed by atoms with E-state index in [2.05, 4.69) is 10.6 Å². The maximum atomic E-state index is 10.6. The fourth-order valence-electron chi connectivity index (χ4n) is 1.00. The van der Waals surface area contributed by atoms with E-state index in [0.29, 0.717) is 5.11 Å². The third-order valence-corrected chi connectivity index (χ3v) is 2.72. The molecule has 5 nitrogen and oxygen atoms in total. The second-order valence-corrected chi connectivity index (χ2v) is 5.26. The van der Waals surface area contributed by atoms with Crippen LogP contribution in [0.2, 0.25) is 0 Å². The zero-order valence-corrected chi connectivity index (χ0v) is 10.1. The lowest BCUT2D eigenvalue weighted by Crippen LogP contribution is -2.34. The van der Waals surface area contributed by atoms with Crippen molar-refractivity contribution in [3.63, 3.8) is 0 Å². The number of nitrogens with two attached hydrogens (primary N) is 1. The van der Waals surface area contributed by atoms with Gasteiger partial charge in [0.15, 0.2) is 5.11 Å². The molecule has 0 aliphatic carbocycles. The summed E-state index contributed by atoms with van der Waals surface area (Å²) in [5.41, 5.74) is 0.843. The van der Waals surface area contributed by atoms with Gasteiger partial charge in [-0.3, -0.25) is 0 Å². The van der Waals surface area contributed by atoms with E-state index in [9.17, 15) is 8.42 Å². The van der Waals surface area contributed by atoms with Gasteiger partial charge in [-0.25, -0.2) is 13.6 Å². The van der Waals surface area contributed by atoms with Gasteiger partial charge in [-0.1, -0.05) is 18.2 Å². The number of hydrogen-bond donors (Lipinski definition) is 3. The zero-order valence-electron chi connectivity index (χ0n) is 8.51. The minimum atomic E-state index is -3.44. The van der Waals surface area contributed by atoms with Gasteiger partial charge >= 0.3 is 0 Å². The summed E-state index contributed by atoms with van der Waals surface area (Å²) in [4.78, 5) is 0. The summed E-state index contributed by atoms with van der Waals surface area (Å²) in [6.45, 7) is 0.192. The molecule has 1 aromatic carbocycles. The van der Waals surface area contributed by atoms with Gasteiger partial charge in [0, 0.05) is 12.2 Å². The van der Waals surface area contributed by atoms with Crippen LogP contribution in [0.3, 0.4) is 0 Å². The van der Waals surface area contributed by atoms with Crippen LogP contribution in [0.5, 0.6) is 0 Å². The molecule has 0 bridgehead atoms. The van der Waals surface area contributed by atoms with E-state index in [1.54, 1.807) is 0 Å². The molecular weight excluding hydrogens is 246 g/mol. The van der Waals surface area contributed by atoms with Crippen LogP contribution in [0.25, 0.3) is 0 Å². The Hall–Kier alpha value is -1.18. The summed E-state index contributed by atoms with van der Waals surface area (Å²) in [5, 5.41) is 10.9. The predicted octanol–water partition coefficient (Wildman–Crippen LogP) is 0.262. The van der Waals surface area contributed by atoms with Crippen molar-refractivity contribution in [3.05, 3.63) is 30.3 Å². The number of nitrogens with one attached hydrogen (secondary N) is 2. The SMILES string of the molecule is NS(=O)(=O)CCNC(=S)Nc1ccccc1. The van der Waals surface area contributed by atoms with E-state index in [-0.39, 0.29) is 12.3 Å². The maximum Gasteiger partial charge on any atom is 0.210 e.